The molecule has 1 atom stereocenters. The van der Waals surface area contributed by atoms with Gasteiger partial charge in [0, 0.05) is 26.9 Å². The average Bonchev–Trinajstić information content (AvgIpc) is 2.13. The van der Waals surface area contributed by atoms with Crippen LogP contribution < -0.4 is 5.32 Å². The highest BCUT2D eigenvalue weighted by atomic mass is 16.5. The molecule has 0 aliphatic rings. The monoisotopic (exact) mass is 185 g/mol. The van der Waals surface area contributed by atoms with Crippen molar-refractivity contribution in [2.75, 3.05) is 33.4 Å². The first kappa shape index (κ1) is 12.4. The van der Waals surface area contributed by atoms with Gasteiger partial charge < -0.3 is 14.8 Å². The first-order valence-corrected chi connectivity index (χ1v) is 4.56. The van der Waals surface area contributed by atoms with Crippen molar-refractivity contribution in [3.05, 3.63) is 0 Å². The van der Waals surface area contributed by atoms with Crippen molar-refractivity contribution in [3.63, 3.8) is 0 Å². The second kappa shape index (κ2) is 9.53. The summed E-state index contributed by atoms with van der Waals surface area (Å²) in [5.74, 6) is 2.51. The molecule has 0 heterocycles. The molecule has 0 radical (unpaired) electrons. The lowest BCUT2D eigenvalue weighted by atomic mass is 10.4. The van der Waals surface area contributed by atoms with Crippen molar-refractivity contribution in [1.82, 2.24) is 5.32 Å². The number of hydrogen-bond acceptors (Lipinski definition) is 3. The molecule has 0 aliphatic carbocycles. The molecule has 0 bridgehead atoms. The summed E-state index contributed by atoms with van der Waals surface area (Å²) in [4.78, 5) is 0. The maximum atomic E-state index is 5.48. The topological polar surface area (TPSA) is 30.5 Å². The molecule has 0 saturated heterocycles. The zero-order chi connectivity index (χ0) is 9.94. The van der Waals surface area contributed by atoms with E-state index < -0.39 is 0 Å². The van der Waals surface area contributed by atoms with E-state index in [1.807, 2.05) is 6.92 Å². The SMILES string of the molecule is C#CCNCC(C)OCCCOC. The van der Waals surface area contributed by atoms with Gasteiger partial charge in [-0.05, 0) is 13.3 Å². The van der Waals surface area contributed by atoms with E-state index in [9.17, 15) is 0 Å². The first-order valence-electron chi connectivity index (χ1n) is 4.56. The number of nitrogens with one attached hydrogen (secondary N) is 1. The Kier molecular flexibility index (Phi) is 9.12. The smallest absolute Gasteiger partial charge is 0.0671 e. The molecule has 0 aliphatic heterocycles. The minimum atomic E-state index is 0.213. The molecular formula is C10H19NO2. The van der Waals surface area contributed by atoms with Gasteiger partial charge in [-0.25, -0.2) is 0 Å². The summed E-state index contributed by atoms with van der Waals surface area (Å²) in [7, 11) is 1.69. The molecule has 1 N–H and O–H groups in total. The molecule has 0 fully saturated rings. The van der Waals surface area contributed by atoms with Crippen molar-refractivity contribution in [1.29, 1.82) is 0 Å². The molecule has 0 amide bonds. The fraction of sp³-hybridized carbons (Fsp3) is 0.800. The molecular weight excluding hydrogens is 166 g/mol. The fourth-order valence-electron chi connectivity index (χ4n) is 0.894. The van der Waals surface area contributed by atoms with E-state index in [0.717, 1.165) is 26.2 Å². The van der Waals surface area contributed by atoms with Gasteiger partial charge in [-0.1, -0.05) is 5.92 Å². The zero-order valence-corrected chi connectivity index (χ0v) is 8.51. The molecule has 0 spiro atoms. The van der Waals surface area contributed by atoms with E-state index in [1.165, 1.54) is 0 Å². The highest BCUT2D eigenvalue weighted by Gasteiger charge is 1.99. The Morgan fingerprint density at radius 3 is 2.85 bits per heavy atom. The third-order valence-electron chi connectivity index (χ3n) is 1.55. The second-order valence-corrected chi connectivity index (χ2v) is 2.86. The van der Waals surface area contributed by atoms with Crippen LogP contribution in [0.4, 0.5) is 0 Å². The molecule has 0 aromatic carbocycles. The van der Waals surface area contributed by atoms with Gasteiger partial charge in [0.05, 0.1) is 12.6 Å². The van der Waals surface area contributed by atoms with E-state index in [2.05, 4.69) is 11.2 Å². The standard InChI is InChI=1S/C10H19NO2/c1-4-6-11-9-10(2)13-8-5-7-12-3/h1,10-11H,5-9H2,2-3H3. The van der Waals surface area contributed by atoms with Crippen LogP contribution in [0.2, 0.25) is 0 Å². The summed E-state index contributed by atoms with van der Waals surface area (Å²) in [6, 6.07) is 0. The Balaban J connectivity index is 3.11. The summed E-state index contributed by atoms with van der Waals surface area (Å²) in [5.41, 5.74) is 0. The number of methoxy groups -OCH3 is 1. The fourth-order valence-corrected chi connectivity index (χ4v) is 0.894. The average molecular weight is 185 g/mol. The van der Waals surface area contributed by atoms with E-state index in [-0.39, 0.29) is 6.10 Å². The highest BCUT2D eigenvalue weighted by Crippen LogP contribution is 1.91. The maximum absolute atomic E-state index is 5.48. The molecule has 76 valence electrons. The van der Waals surface area contributed by atoms with Gasteiger partial charge in [-0.2, -0.15) is 0 Å². The number of ether oxygens (including phenoxy) is 2. The van der Waals surface area contributed by atoms with Gasteiger partial charge in [0.25, 0.3) is 0 Å². The highest BCUT2D eigenvalue weighted by molar-refractivity contribution is 4.86. The van der Waals surface area contributed by atoms with Crippen LogP contribution in [-0.2, 0) is 9.47 Å². The Morgan fingerprint density at radius 2 is 2.23 bits per heavy atom. The lowest BCUT2D eigenvalue weighted by Crippen LogP contribution is -2.27. The number of hydrogen-bond donors (Lipinski definition) is 1. The predicted octanol–water partition coefficient (Wildman–Crippen LogP) is 0.651. The van der Waals surface area contributed by atoms with Crippen LogP contribution in [0.1, 0.15) is 13.3 Å². The van der Waals surface area contributed by atoms with Gasteiger partial charge in [0.1, 0.15) is 0 Å². The van der Waals surface area contributed by atoms with E-state index in [0.29, 0.717) is 6.54 Å². The third-order valence-corrected chi connectivity index (χ3v) is 1.55. The largest absolute Gasteiger partial charge is 0.385 e. The van der Waals surface area contributed by atoms with Crippen molar-refractivity contribution in [2.24, 2.45) is 0 Å². The number of terminal acetylenes is 1. The summed E-state index contributed by atoms with van der Waals surface area (Å²) < 4.78 is 10.4. The van der Waals surface area contributed by atoms with Crippen LogP contribution in [0, 0.1) is 12.3 Å². The van der Waals surface area contributed by atoms with Crippen molar-refractivity contribution in [3.8, 4) is 12.3 Å². The van der Waals surface area contributed by atoms with Gasteiger partial charge in [0.2, 0.25) is 0 Å². The second-order valence-electron chi connectivity index (χ2n) is 2.86. The molecule has 0 aromatic rings. The van der Waals surface area contributed by atoms with Crippen molar-refractivity contribution < 1.29 is 9.47 Å². The predicted molar refractivity (Wildman–Crippen MR) is 53.6 cm³/mol. The summed E-state index contributed by atoms with van der Waals surface area (Å²) in [5, 5.41) is 3.08. The summed E-state index contributed by atoms with van der Waals surface area (Å²) in [6.07, 6.45) is 6.24. The van der Waals surface area contributed by atoms with Gasteiger partial charge in [-0.3, -0.25) is 0 Å². The minimum Gasteiger partial charge on any atom is -0.385 e. The first-order chi connectivity index (χ1) is 6.31. The van der Waals surface area contributed by atoms with Gasteiger partial charge in [-0.15, -0.1) is 6.42 Å². The van der Waals surface area contributed by atoms with Crippen LogP contribution in [0.15, 0.2) is 0 Å². The van der Waals surface area contributed by atoms with Gasteiger partial charge >= 0.3 is 0 Å². The van der Waals surface area contributed by atoms with E-state index in [4.69, 9.17) is 15.9 Å². The van der Waals surface area contributed by atoms with E-state index >= 15 is 0 Å². The third kappa shape index (κ3) is 9.35. The maximum Gasteiger partial charge on any atom is 0.0671 e. The van der Waals surface area contributed by atoms with Crippen molar-refractivity contribution in [2.45, 2.75) is 19.4 Å². The summed E-state index contributed by atoms with van der Waals surface area (Å²) in [6.45, 7) is 4.93. The van der Waals surface area contributed by atoms with E-state index in [1.54, 1.807) is 7.11 Å². The van der Waals surface area contributed by atoms with Crippen LogP contribution >= 0.6 is 0 Å². The van der Waals surface area contributed by atoms with Gasteiger partial charge in [0.15, 0.2) is 0 Å². The minimum absolute atomic E-state index is 0.213. The molecule has 3 heteroatoms. The van der Waals surface area contributed by atoms with Crippen LogP contribution in [0.5, 0.6) is 0 Å². The lowest BCUT2D eigenvalue weighted by molar-refractivity contribution is 0.0511. The van der Waals surface area contributed by atoms with Crippen LogP contribution in [0.3, 0.4) is 0 Å². The Hall–Kier alpha value is -0.560. The molecule has 1 unspecified atom stereocenters. The lowest BCUT2D eigenvalue weighted by Gasteiger charge is -2.12. The normalized spacial score (nSPS) is 12.4. The van der Waals surface area contributed by atoms with Crippen LogP contribution in [0.25, 0.3) is 0 Å². The van der Waals surface area contributed by atoms with Crippen LogP contribution in [-0.4, -0.2) is 39.5 Å². The Morgan fingerprint density at radius 1 is 1.46 bits per heavy atom. The Labute approximate surface area is 80.8 Å². The molecule has 0 aromatic heterocycles. The Bertz CT molecular complexity index is 142. The molecule has 3 nitrogen and oxygen atoms in total. The molecule has 0 rings (SSSR count). The zero-order valence-electron chi connectivity index (χ0n) is 8.51. The molecule has 0 saturated carbocycles. The molecule has 13 heavy (non-hydrogen) atoms. The quantitative estimate of drug-likeness (QED) is 0.445. The summed E-state index contributed by atoms with van der Waals surface area (Å²) >= 11 is 0. The number of rotatable bonds is 8. The van der Waals surface area contributed by atoms with Crippen molar-refractivity contribution >= 4 is 0 Å².